The predicted octanol–water partition coefficient (Wildman–Crippen LogP) is 35.7. The minimum atomic E-state index is -0.538. The molecule has 142 heavy (non-hydrogen) atoms. The first-order valence-electron chi connectivity index (χ1n) is 49.1. The van der Waals surface area contributed by atoms with Crippen molar-refractivity contribution >= 4 is 0 Å². The van der Waals surface area contributed by atoms with Crippen molar-refractivity contribution in [3.8, 4) is 201 Å². The molecule has 0 N–H and O–H groups in total. The normalized spacial score (nSPS) is 12.4. The summed E-state index contributed by atoms with van der Waals surface area (Å²) in [6.45, 7) is 0. The van der Waals surface area contributed by atoms with Gasteiger partial charge in [0.2, 0.25) is 0 Å². The highest BCUT2D eigenvalue weighted by Gasteiger charge is 2.52. The number of hydrogen-bond acceptors (Lipinski definition) is 3. The zero-order valence-electron chi connectivity index (χ0n) is 78.3. The average molecular weight is 1810 g/mol. The molecular formula is C139H95N3. The van der Waals surface area contributed by atoms with E-state index in [0.717, 1.165) is 29.5 Å². The van der Waals surface area contributed by atoms with E-state index in [9.17, 15) is 0 Å². The van der Waals surface area contributed by atoms with Crippen molar-refractivity contribution in [2.45, 2.75) is 23.7 Å². The van der Waals surface area contributed by atoms with E-state index in [1.165, 1.54) is 211 Å². The molecule has 0 fully saturated rings. The summed E-state index contributed by atoms with van der Waals surface area (Å²) in [5, 5.41) is 0. The molecule has 666 valence electrons. The van der Waals surface area contributed by atoms with Crippen molar-refractivity contribution < 1.29 is 0 Å². The fourth-order valence-corrected chi connectivity index (χ4v) is 22.5. The molecule has 0 saturated carbocycles. The summed E-state index contributed by atoms with van der Waals surface area (Å²) >= 11 is 0. The molecule has 3 aliphatic rings. The van der Waals surface area contributed by atoms with Gasteiger partial charge in [-0.15, -0.1) is 0 Å². The lowest BCUT2D eigenvalue weighted by Crippen LogP contribution is -2.31. The maximum Gasteiger partial charge on any atom is 0.164 e. The van der Waals surface area contributed by atoms with E-state index in [4.69, 9.17) is 15.0 Å². The molecule has 0 atom stereocenters. The molecule has 3 heteroatoms. The Balaban J connectivity index is 0.000000204. The van der Waals surface area contributed by atoms with Crippen LogP contribution in [0.15, 0.2) is 552 Å². The zero-order valence-corrected chi connectivity index (χ0v) is 78.3. The molecule has 0 radical (unpaired) electrons. The van der Waals surface area contributed by atoms with Crippen LogP contribution in [0.25, 0.3) is 201 Å². The van der Waals surface area contributed by atoms with E-state index >= 15 is 0 Å². The van der Waals surface area contributed by atoms with Crippen LogP contribution in [0, 0.1) is 0 Å². The number of aromatic nitrogens is 3. The Labute approximate surface area is 830 Å². The van der Waals surface area contributed by atoms with Crippen LogP contribution in [0.4, 0.5) is 0 Å². The molecule has 1 spiro atoms. The fraction of sp³-hybridized carbons (Fsp3) is 0.0288. The molecule has 0 bridgehead atoms. The summed E-state index contributed by atoms with van der Waals surface area (Å²) in [5.41, 5.74) is 48.3. The first kappa shape index (κ1) is 85.5. The van der Waals surface area contributed by atoms with Gasteiger partial charge in [0.15, 0.2) is 17.5 Å². The third-order valence-corrected chi connectivity index (χ3v) is 29.0. The second kappa shape index (κ2) is 37.1. The molecule has 0 saturated heterocycles. The summed E-state index contributed by atoms with van der Waals surface area (Å²) in [6, 6.07) is 203. The van der Waals surface area contributed by atoms with E-state index in [1.54, 1.807) is 0 Å². The lowest BCUT2D eigenvalue weighted by Gasteiger charge is -2.34. The van der Waals surface area contributed by atoms with Crippen molar-refractivity contribution in [1.29, 1.82) is 0 Å². The summed E-state index contributed by atoms with van der Waals surface area (Å²) in [7, 11) is 0. The second-order valence-electron chi connectivity index (χ2n) is 37.7. The quantitative estimate of drug-likeness (QED) is 0.0810. The van der Waals surface area contributed by atoms with E-state index in [1.807, 2.05) is 36.4 Å². The highest BCUT2D eigenvalue weighted by Crippen LogP contribution is 2.64. The van der Waals surface area contributed by atoms with Crippen LogP contribution in [0.2, 0.25) is 0 Å². The molecule has 1 heterocycles. The van der Waals surface area contributed by atoms with Crippen LogP contribution >= 0.6 is 0 Å². The second-order valence-corrected chi connectivity index (χ2v) is 37.7. The molecule has 3 aliphatic carbocycles. The van der Waals surface area contributed by atoms with Gasteiger partial charge in [-0.1, -0.05) is 461 Å². The first-order chi connectivity index (χ1) is 70.3. The maximum atomic E-state index is 5.06. The number of nitrogens with zero attached hydrogens (tertiary/aromatic N) is 3. The van der Waals surface area contributed by atoms with Gasteiger partial charge in [0.05, 0.1) is 5.41 Å². The van der Waals surface area contributed by atoms with Crippen LogP contribution in [0.5, 0.6) is 0 Å². The summed E-state index contributed by atoms with van der Waals surface area (Å²) in [6.07, 6.45) is 1.44. The van der Waals surface area contributed by atoms with Crippen LogP contribution < -0.4 is 0 Å². The smallest absolute Gasteiger partial charge is 0.164 e. The van der Waals surface area contributed by atoms with Crippen molar-refractivity contribution in [3.63, 3.8) is 0 Å². The van der Waals surface area contributed by atoms with E-state index in [2.05, 4.69) is 516 Å². The fourth-order valence-electron chi connectivity index (χ4n) is 22.5. The third kappa shape index (κ3) is 16.2. The van der Waals surface area contributed by atoms with Gasteiger partial charge in [-0.2, -0.15) is 0 Å². The van der Waals surface area contributed by atoms with Gasteiger partial charge in [0, 0.05) is 22.1 Å². The zero-order chi connectivity index (χ0) is 94.3. The van der Waals surface area contributed by atoms with Gasteiger partial charge in [0.1, 0.15) is 0 Å². The monoisotopic (exact) mass is 1810 g/mol. The number of rotatable bonds is 19. The lowest BCUT2D eigenvalue weighted by molar-refractivity contribution is 0.520. The Morgan fingerprint density at radius 2 is 0.289 bits per heavy atom. The number of benzene rings is 22. The predicted molar refractivity (Wildman–Crippen MR) is 591 cm³/mol. The molecule has 0 unspecified atom stereocenters. The molecular weight excluding hydrogens is 1710 g/mol. The van der Waals surface area contributed by atoms with Crippen molar-refractivity contribution in [2.75, 3.05) is 0 Å². The van der Waals surface area contributed by atoms with E-state index < -0.39 is 10.8 Å². The minimum absolute atomic E-state index is 0.410. The van der Waals surface area contributed by atoms with Crippen molar-refractivity contribution in [1.82, 2.24) is 15.0 Å². The van der Waals surface area contributed by atoms with Crippen LogP contribution in [0.3, 0.4) is 0 Å². The largest absolute Gasteiger partial charge is 0.208 e. The van der Waals surface area contributed by atoms with Gasteiger partial charge in [-0.3, -0.25) is 0 Å². The Hall–Kier alpha value is -18.2. The van der Waals surface area contributed by atoms with Gasteiger partial charge in [-0.05, 0) is 315 Å². The topological polar surface area (TPSA) is 38.7 Å². The summed E-state index contributed by atoms with van der Waals surface area (Å²) in [4.78, 5) is 15.0. The Morgan fingerprint density at radius 1 is 0.120 bits per heavy atom. The highest BCUT2D eigenvalue weighted by molar-refractivity contribution is 5.97. The number of hydrogen-bond donors (Lipinski definition) is 0. The van der Waals surface area contributed by atoms with Gasteiger partial charge in [-0.25, -0.2) is 15.0 Å². The van der Waals surface area contributed by atoms with Crippen LogP contribution in [0.1, 0.15) is 44.5 Å². The molecule has 23 aromatic rings. The molecule has 1 aromatic heterocycles. The van der Waals surface area contributed by atoms with Crippen molar-refractivity contribution in [3.05, 3.63) is 597 Å². The minimum Gasteiger partial charge on any atom is -0.208 e. The molecule has 22 aromatic carbocycles. The SMILES string of the molecule is c1ccc(-c2cc(-c3ccccc3)cc(-c3cc(CC4(Cc5cc(-c6cc(-c7ccccc7)cc(-c7ccccc7)c6)cc(-c6cc(-c7ccccc7)cc(-c7ccccc7)c6)c5)c5ccccc5-c5ccccc54)cc(-c4cc(-c5ccccc5)cc(-c5ccccc5)c4)c3)c2)cc1.c1ccc(-c2nc(-c3ccccc3)nc(-c3ccc4c(c3)C3(c5ccccc5-c5ccccc53)c3ccccc3-4)n2)cc1. The Morgan fingerprint density at radius 3 is 0.521 bits per heavy atom. The van der Waals surface area contributed by atoms with Crippen LogP contribution in [-0.2, 0) is 23.7 Å². The molecule has 0 amide bonds. The van der Waals surface area contributed by atoms with Crippen molar-refractivity contribution in [2.24, 2.45) is 0 Å². The Bertz CT molecular complexity index is 7650. The highest BCUT2D eigenvalue weighted by atomic mass is 15.0. The average Bonchev–Trinajstić information content (AvgIpc) is 1.51. The van der Waals surface area contributed by atoms with Gasteiger partial charge in [0.25, 0.3) is 0 Å². The molecule has 3 nitrogen and oxygen atoms in total. The Kier molecular flexibility index (Phi) is 22.3. The summed E-state index contributed by atoms with van der Waals surface area (Å²) in [5.74, 6) is 2.00. The first-order valence-corrected chi connectivity index (χ1v) is 49.1. The van der Waals surface area contributed by atoms with Gasteiger partial charge < -0.3 is 0 Å². The standard InChI is InChI=1S/C99H70.C40H25N3/c1-9-29-71(30-10-1)83-55-84(72-31-11-2-12-32-72)60-91(59-83)79-49-69(50-80(53-79)92-61-85(73-33-13-3-14-34-73)56-86(62-92)74-35-15-4-16-36-74)67-99(97-47-27-25-45-95(97)96-46-26-28-48-98(96)99)68-70-51-81(93-63-87(75-37-17-5-18-38-75)57-88(64-93)76-39-19-6-20-40-76)54-82(52-70)94-65-89(77-41-21-7-22-42-77)58-90(66-94)78-43-23-8-24-44-78;1-3-13-26(14-4-1)37-41-38(27-15-5-2-6-16-27)43-39(42-37)28-23-24-32-31-19-9-12-22-35(31)40(36(32)25-28)33-20-10-7-17-29(33)30-18-8-11-21-34(30)40/h1-66H,67-68H2;1-25H. The lowest BCUT2D eigenvalue weighted by atomic mass is 9.69. The third-order valence-electron chi connectivity index (χ3n) is 29.0. The molecule has 26 rings (SSSR count). The molecule has 0 aliphatic heterocycles. The number of fused-ring (bicyclic) bond motifs is 13. The van der Waals surface area contributed by atoms with E-state index in [0.29, 0.717) is 17.5 Å². The maximum absolute atomic E-state index is 5.06. The summed E-state index contributed by atoms with van der Waals surface area (Å²) < 4.78 is 0. The van der Waals surface area contributed by atoms with Crippen LogP contribution in [-0.4, -0.2) is 15.0 Å². The van der Waals surface area contributed by atoms with Gasteiger partial charge >= 0.3 is 0 Å². The van der Waals surface area contributed by atoms with E-state index in [-0.39, 0.29) is 0 Å².